The minimum Gasteiger partial charge on any atom is -0.458 e. The molecule has 0 aliphatic heterocycles. The van der Waals surface area contributed by atoms with E-state index in [0.717, 1.165) is 21.9 Å². The molecule has 0 fully saturated rings. The topological polar surface area (TPSA) is 52.3 Å². The third kappa shape index (κ3) is 3.28. The first-order valence-corrected chi connectivity index (χ1v) is 7.97. The molecule has 4 rings (SSSR count). The van der Waals surface area contributed by atoms with Crippen molar-refractivity contribution in [3.05, 3.63) is 84.3 Å². The number of oxazole rings is 1. The van der Waals surface area contributed by atoms with Crippen LogP contribution in [0, 0.1) is 0 Å². The predicted molar refractivity (Wildman–Crippen MR) is 96.8 cm³/mol. The van der Waals surface area contributed by atoms with Crippen molar-refractivity contribution in [2.45, 2.75) is 6.61 Å². The molecule has 4 heteroatoms. The average molecular weight is 329 g/mol. The molecule has 1 aromatic heterocycles. The summed E-state index contributed by atoms with van der Waals surface area (Å²) in [6.45, 7) is 0.220. The summed E-state index contributed by atoms with van der Waals surface area (Å²) in [6.07, 6.45) is 2.85. The van der Waals surface area contributed by atoms with Crippen molar-refractivity contribution in [3.8, 4) is 0 Å². The summed E-state index contributed by atoms with van der Waals surface area (Å²) in [5.41, 5.74) is 2.42. The van der Waals surface area contributed by atoms with Gasteiger partial charge < -0.3 is 9.15 Å². The Labute approximate surface area is 144 Å². The van der Waals surface area contributed by atoms with E-state index in [2.05, 4.69) is 4.98 Å². The third-order valence-electron chi connectivity index (χ3n) is 3.92. The second-order valence-electron chi connectivity index (χ2n) is 5.60. The second kappa shape index (κ2) is 6.61. The summed E-state index contributed by atoms with van der Waals surface area (Å²) in [4.78, 5) is 16.2. The average Bonchev–Trinajstić information content (AvgIpc) is 3.07. The number of carbonyl (C=O) groups excluding carboxylic acids is 1. The maximum absolute atomic E-state index is 12.0. The van der Waals surface area contributed by atoms with Crippen molar-refractivity contribution in [1.29, 1.82) is 0 Å². The molecule has 3 aromatic carbocycles. The van der Waals surface area contributed by atoms with Gasteiger partial charge in [0.25, 0.3) is 0 Å². The van der Waals surface area contributed by atoms with Gasteiger partial charge in [-0.25, -0.2) is 9.78 Å². The Morgan fingerprint density at radius 1 is 1.00 bits per heavy atom. The smallest absolute Gasteiger partial charge is 0.331 e. The number of esters is 1. The van der Waals surface area contributed by atoms with Crippen molar-refractivity contribution in [3.63, 3.8) is 0 Å². The summed E-state index contributed by atoms with van der Waals surface area (Å²) < 4.78 is 10.9. The van der Waals surface area contributed by atoms with Crippen LogP contribution in [0.1, 0.15) is 11.5 Å². The van der Waals surface area contributed by atoms with Crippen LogP contribution < -0.4 is 0 Å². The zero-order valence-corrected chi connectivity index (χ0v) is 13.4. The number of aromatic nitrogens is 1. The number of fused-ring (bicyclic) bond motifs is 2. The van der Waals surface area contributed by atoms with Crippen LogP contribution in [0.25, 0.3) is 27.9 Å². The number of carbonyl (C=O) groups is 1. The highest BCUT2D eigenvalue weighted by Crippen LogP contribution is 2.19. The molecule has 0 atom stereocenters. The van der Waals surface area contributed by atoms with Crippen molar-refractivity contribution >= 4 is 33.9 Å². The highest BCUT2D eigenvalue weighted by Gasteiger charge is 2.05. The van der Waals surface area contributed by atoms with E-state index >= 15 is 0 Å². The molecule has 0 saturated carbocycles. The molecule has 122 valence electrons. The fourth-order valence-corrected chi connectivity index (χ4v) is 2.72. The first-order valence-electron chi connectivity index (χ1n) is 7.97. The fraction of sp³-hybridized carbons (Fsp3) is 0.0476. The van der Waals surface area contributed by atoms with E-state index in [9.17, 15) is 4.79 Å². The number of rotatable bonds is 4. The minimum absolute atomic E-state index is 0.220. The predicted octanol–water partition coefficient (Wildman–Crippen LogP) is 4.74. The lowest BCUT2D eigenvalue weighted by Gasteiger charge is -2.06. The Bertz CT molecular complexity index is 1040. The molecular weight excluding hydrogens is 314 g/mol. The molecule has 0 bridgehead atoms. The molecule has 0 spiro atoms. The van der Waals surface area contributed by atoms with Crippen LogP contribution in [-0.2, 0) is 16.1 Å². The third-order valence-corrected chi connectivity index (χ3v) is 3.92. The summed E-state index contributed by atoms with van der Waals surface area (Å²) in [7, 11) is 0. The number of benzene rings is 3. The summed E-state index contributed by atoms with van der Waals surface area (Å²) in [6, 6.07) is 21.4. The highest BCUT2D eigenvalue weighted by atomic mass is 16.5. The van der Waals surface area contributed by atoms with Crippen LogP contribution in [0.2, 0.25) is 0 Å². The van der Waals surface area contributed by atoms with E-state index < -0.39 is 5.97 Å². The quantitative estimate of drug-likeness (QED) is 0.401. The summed E-state index contributed by atoms with van der Waals surface area (Å²) in [5.74, 6) is -0.0569. The van der Waals surface area contributed by atoms with Crippen LogP contribution in [-0.4, -0.2) is 11.0 Å². The van der Waals surface area contributed by atoms with Crippen molar-refractivity contribution in [2.24, 2.45) is 0 Å². The Morgan fingerprint density at radius 2 is 1.80 bits per heavy atom. The van der Waals surface area contributed by atoms with Crippen molar-refractivity contribution in [1.82, 2.24) is 4.98 Å². The van der Waals surface area contributed by atoms with Gasteiger partial charge in [-0.05, 0) is 28.5 Å². The van der Waals surface area contributed by atoms with Gasteiger partial charge >= 0.3 is 5.97 Å². The molecule has 4 aromatic rings. The monoisotopic (exact) mass is 329 g/mol. The van der Waals surface area contributed by atoms with Crippen LogP contribution in [0.4, 0.5) is 0 Å². The molecule has 4 nitrogen and oxygen atoms in total. The fourth-order valence-electron chi connectivity index (χ4n) is 2.72. The Hall–Kier alpha value is -3.40. The van der Waals surface area contributed by atoms with E-state index in [1.165, 1.54) is 12.2 Å². The SMILES string of the molecule is O=C(/C=C\c1nc2ccccc2o1)OCc1cccc2ccccc12. The molecule has 1 heterocycles. The van der Waals surface area contributed by atoms with Gasteiger partial charge in [-0.3, -0.25) is 0 Å². The van der Waals surface area contributed by atoms with Crippen LogP contribution in [0.3, 0.4) is 0 Å². The largest absolute Gasteiger partial charge is 0.458 e. The summed E-state index contributed by atoms with van der Waals surface area (Å²) in [5, 5.41) is 2.21. The number of para-hydroxylation sites is 2. The number of hydrogen-bond donors (Lipinski definition) is 0. The van der Waals surface area contributed by atoms with Gasteiger partial charge in [-0.1, -0.05) is 54.6 Å². The van der Waals surface area contributed by atoms with E-state index in [-0.39, 0.29) is 6.61 Å². The maximum Gasteiger partial charge on any atom is 0.331 e. The molecule has 25 heavy (non-hydrogen) atoms. The lowest BCUT2D eigenvalue weighted by molar-refractivity contribution is -0.138. The molecule has 0 unspecified atom stereocenters. The number of nitrogens with zero attached hydrogens (tertiary/aromatic N) is 1. The van der Waals surface area contributed by atoms with Gasteiger partial charge in [0, 0.05) is 12.2 Å². The second-order valence-corrected chi connectivity index (χ2v) is 5.60. The van der Waals surface area contributed by atoms with E-state index in [1.807, 2.05) is 66.7 Å². The van der Waals surface area contributed by atoms with Gasteiger partial charge in [0.05, 0.1) is 0 Å². The zero-order chi connectivity index (χ0) is 17.1. The Morgan fingerprint density at radius 3 is 2.72 bits per heavy atom. The van der Waals surface area contributed by atoms with Crippen LogP contribution >= 0.6 is 0 Å². The number of ether oxygens (including phenoxy) is 1. The lowest BCUT2D eigenvalue weighted by Crippen LogP contribution is -2.01. The molecule has 0 radical (unpaired) electrons. The lowest BCUT2D eigenvalue weighted by atomic mass is 10.1. The van der Waals surface area contributed by atoms with Crippen LogP contribution in [0.15, 0.2) is 77.2 Å². The Kier molecular flexibility index (Phi) is 4.01. The van der Waals surface area contributed by atoms with Gasteiger partial charge in [0.15, 0.2) is 5.58 Å². The molecule has 0 aliphatic carbocycles. The minimum atomic E-state index is -0.435. The number of hydrogen-bond acceptors (Lipinski definition) is 4. The zero-order valence-electron chi connectivity index (χ0n) is 13.4. The van der Waals surface area contributed by atoms with Gasteiger partial charge in [0.1, 0.15) is 12.1 Å². The molecular formula is C21H15NO3. The maximum atomic E-state index is 12.0. The first kappa shape index (κ1) is 15.1. The van der Waals surface area contributed by atoms with Crippen LogP contribution in [0.5, 0.6) is 0 Å². The van der Waals surface area contributed by atoms with Crippen molar-refractivity contribution < 1.29 is 13.9 Å². The van der Waals surface area contributed by atoms with E-state index in [4.69, 9.17) is 9.15 Å². The van der Waals surface area contributed by atoms with E-state index in [1.54, 1.807) is 0 Å². The molecule has 0 N–H and O–H groups in total. The van der Waals surface area contributed by atoms with Gasteiger partial charge in [0.2, 0.25) is 5.89 Å². The van der Waals surface area contributed by atoms with Gasteiger partial charge in [-0.15, -0.1) is 0 Å². The summed E-state index contributed by atoms with van der Waals surface area (Å²) >= 11 is 0. The van der Waals surface area contributed by atoms with E-state index in [0.29, 0.717) is 11.5 Å². The normalized spacial score (nSPS) is 11.4. The van der Waals surface area contributed by atoms with Crippen molar-refractivity contribution in [2.75, 3.05) is 0 Å². The standard InChI is InChI=1S/C21H15NO3/c23-21(13-12-20-22-18-10-3-4-11-19(18)25-20)24-14-16-8-5-7-15-6-1-2-9-17(15)16/h1-13H,14H2/b13-12-. The first-order chi connectivity index (χ1) is 12.3. The van der Waals surface area contributed by atoms with Gasteiger partial charge in [-0.2, -0.15) is 0 Å². The molecule has 0 saturated heterocycles. The molecule has 0 amide bonds. The highest BCUT2D eigenvalue weighted by molar-refractivity contribution is 5.88. The molecule has 0 aliphatic rings. The Balaban J connectivity index is 1.45.